The molecule has 3 fully saturated rings. The number of allylic oxidation sites excluding steroid dienone is 2. The van der Waals surface area contributed by atoms with Gasteiger partial charge in [-0.1, -0.05) is 13.0 Å². The fraction of sp³-hybridized carbons (Fsp3) is 0.600. The Morgan fingerprint density at radius 1 is 1.25 bits per heavy atom. The van der Waals surface area contributed by atoms with Crippen LogP contribution in [0.25, 0.3) is 10.9 Å². The Morgan fingerprint density at radius 3 is 2.60 bits per heavy atom. The van der Waals surface area contributed by atoms with E-state index in [1.165, 1.54) is 0 Å². The molecule has 0 saturated carbocycles. The lowest BCUT2D eigenvalue weighted by Crippen LogP contribution is -2.70. The van der Waals surface area contributed by atoms with Crippen LogP contribution >= 0.6 is 0 Å². The van der Waals surface area contributed by atoms with E-state index in [0.29, 0.717) is 5.82 Å². The van der Waals surface area contributed by atoms with Crippen LogP contribution in [-0.2, 0) is 4.74 Å². The number of fused-ring (bicyclic) bond motifs is 3. The molecule has 3 aliphatic rings. The van der Waals surface area contributed by atoms with Crippen LogP contribution in [0.15, 0.2) is 35.6 Å². The van der Waals surface area contributed by atoms with Crippen molar-refractivity contribution >= 4 is 34.7 Å². The summed E-state index contributed by atoms with van der Waals surface area (Å²) in [5.74, 6) is 1.44. The number of rotatable bonds is 10. The summed E-state index contributed by atoms with van der Waals surface area (Å²) in [4.78, 5) is 33.0. The van der Waals surface area contributed by atoms with Crippen LogP contribution < -0.4 is 15.0 Å². The maximum absolute atomic E-state index is 12.8. The quantitative estimate of drug-likeness (QED) is 0.415. The Balaban J connectivity index is 1.64. The second-order valence-corrected chi connectivity index (χ2v) is 12.0. The molecule has 4 heterocycles. The van der Waals surface area contributed by atoms with Crippen molar-refractivity contribution in [2.24, 2.45) is 4.99 Å². The monoisotopic (exact) mass is 551 g/mol. The van der Waals surface area contributed by atoms with E-state index in [2.05, 4.69) is 56.1 Å². The molecule has 10 heteroatoms. The summed E-state index contributed by atoms with van der Waals surface area (Å²) in [6, 6.07) is 4.45. The lowest BCUT2D eigenvalue weighted by atomic mass is 9.87. The highest BCUT2D eigenvalue weighted by Crippen LogP contribution is 2.40. The summed E-state index contributed by atoms with van der Waals surface area (Å²) in [5, 5.41) is 4.33. The number of piperidine rings is 1. The molecule has 218 valence electrons. The molecule has 3 aliphatic heterocycles. The predicted octanol–water partition coefficient (Wildman–Crippen LogP) is 4.95. The van der Waals surface area contributed by atoms with Gasteiger partial charge in [0.2, 0.25) is 0 Å². The summed E-state index contributed by atoms with van der Waals surface area (Å²) in [6.07, 6.45) is 8.65. The molecule has 5 rings (SSSR count). The molecule has 2 aromatic rings. The molecule has 3 saturated heterocycles. The number of carbonyl (C=O) groups excluding carboxylic acids is 1. The molecule has 0 radical (unpaired) electrons. The van der Waals surface area contributed by atoms with Crippen LogP contribution in [0.3, 0.4) is 0 Å². The normalized spacial score (nSPS) is 20.7. The maximum Gasteiger partial charge on any atom is 0.410 e. The van der Waals surface area contributed by atoms with Gasteiger partial charge < -0.3 is 24.6 Å². The van der Waals surface area contributed by atoms with E-state index in [-0.39, 0.29) is 30.4 Å². The molecule has 0 spiro atoms. The van der Waals surface area contributed by atoms with E-state index in [1.807, 2.05) is 65.1 Å². The zero-order valence-corrected chi connectivity index (χ0v) is 25.2. The number of amides is 1. The minimum absolute atomic E-state index is 0.0476. The van der Waals surface area contributed by atoms with Gasteiger partial charge in [-0.3, -0.25) is 9.89 Å². The zero-order chi connectivity index (χ0) is 29.0. The molecule has 3 unspecified atom stereocenters. The summed E-state index contributed by atoms with van der Waals surface area (Å²) >= 11 is 0. The highest BCUT2D eigenvalue weighted by Gasteiger charge is 2.49. The van der Waals surface area contributed by atoms with E-state index in [4.69, 9.17) is 9.47 Å². The van der Waals surface area contributed by atoms with Crippen LogP contribution in [0, 0.1) is 0 Å². The second kappa shape index (κ2) is 12.4. The topological polar surface area (TPSA) is 95.4 Å². The van der Waals surface area contributed by atoms with E-state index in [0.717, 1.165) is 54.8 Å². The number of nitrogens with one attached hydrogen (secondary N) is 1. The molecule has 40 heavy (non-hydrogen) atoms. The largest absolute Gasteiger partial charge is 0.488 e. The summed E-state index contributed by atoms with van der Waals surface area (Å²) in [7, 11) is 4.07. The van der Waals surface area contributed by atoms with Crippen molar-refractivity contribution < 1.29 is 14.3 Å². The molecular formula is C30H45N7O3. The van der Waals surface area contributed by atoms with E-state index >= 15 is 0 Å². The average molecular weight is 552 g/mol. The fourth-order valence-electron chi connectivity index (χ4n) is 5.37. The molecule has 1 amide bonds. The first-order valence-corrected chi connectivity index (χ1v) is 14.3. The lowest BCUT2D eigenvalue weighted by molar-refractivity contribution is -0.0379. The summed E-state index contributed by atoms with van der Waals surface area (Å²) in [6.45, 7) is 14.1. The van der Waals surface area contributed by atoms with Crippen LogP contribution in [0.4, 0.5) is 16.3 Å². The van der Waals surface area contributed by atoms with Gasteiger partial charge in [0.25, 0.3) is 0 Å². The number of aromatic nitrogens is 2. The number of benzene rings is 1. The molecule has 2 bridgehead atoms. The minimum atomic E-state index is -0.505. The first kappa shape index (κ1) is 29.6. The van der Waals surface area contributed by atoms with Crippen LogP contribution in [-0.4, -0.2) is 95.8 Å². The molecule has 10 nitrogen and oxygen atoms in total. The molecule has 4 atom stereocenters. The lowest BCUT2D eigenvalue weighted by Gasteiger charge is -2.56. The van der Waals surface area contributed by atoms with Crippen molar-refractivity contribution in [1.29, 1.82) is 0 Å². The number of hydrogen-bond donors (Lipinski definition) is 1. The Bertz CT molecular complexity index is 1230. The molecule has 1 N–H and O–H groups in total. The maximum atomic E-state index is 12.8. The van der Waals surface area contributed by atoms with Gasteiger partial charge in [0.15, 0.2) is 0 Å². The number of piperazine rings is 1. The molecular weight excluding hydrogens is 506 g/mol. The zero-order valence-electron chi connectivity index (χ0n) is 25.2. The number of carbonyl (C=O) groups is 1. The third-order valence-electron chi connectivity index (χ3n) is 7.03. The fourth-order valence-corrected chi connectivity index (χ4v) is 5.37. The second-order valence-electron chi connectivity index (χ2n) is 12.0. The highest BCUT2D eigenvalue weighted by atomic mass is 16.6. The van der Waals surface area contributed by atoms with Gasteiger partial charge in [0.05, 0.1) is 23.0 Å². The van der Waals surface area contributed by atoms with Gasteiger partial charge in [0, 0.05) is 37.6 Å². The molecule has 1 aromatic heterocycles. The molecule has 1 aromatic carbocycles. The number of aliphatic imine (C=N–C) groups is 1. The van der Waals surface area contributed by atoms with Gasteiger partial charge in [-0.05, 0) is 73.7 Å². The van der Waals surface area contributed by atoms with Gasteiger partial charge in [0.1, 0.15) is 35.8 Å². The number of nitrogens with zero attached hydrogens (tertiary/aromatic N) is 6. The van der Waals surface area contributed by atoms with Crippen molar-refractivity contribution in [1.82, 2.24) is 19.8 Å². The number of anilines is 2. The molecule has 0 aliphatic carbocycles. The number of ether oxygens (including phenoxy) is 2. The van der Waals surface area contributed by atoms with Gasteiger partial charge in [-0.25, -0.2) is 14.8 Å². The predicted molar refractivity (Wildman–Crippen MR) is 162 cm³/mol. The smallest absolute Gasteiger partial charge is 0.410 e. The number of hydrogen-bond acceptors (Lipinski definition) is 9. The van der Waals surface area contributed by atoms with Gasteiger partial charge in [-0.2, -0.15) is 0 Å². The third-order valence-corrected chi connectivity index (χ3v) is 7.03. The standard InChI is InChI=1S/C30H45N7O3/c1-9-11-12-31-26(10-2)34-28-27-24(32-19-33-28)14-21(15-25(27)39-20(3)16-35(7)8)36-17-22-13-23(18-36)37(22)29(38)40-30(4,5)6/h9,11-12,14-15,19-20,22-23,26H,10,13,16-18H2,1-8H3,(H,32,33,34)/b11-9-,31-12-/t20-,22?,23?,26?/m1/s1. The van der Waals surface area contributed by atoms with Gasteiger partial charge >= 0.3 is 6.09 Å². The van der Waals surface area contributed by atoms with Crippen molar-refractivity contribution in [2.75, 3.05) is 43.9 Å². The summed E-state index contributed by atoms with van der Waals surface area (Å²) in [5.41, 5.74) is 1.33. The third kappa shape index (κ3) is 7.02. The van der Waals surface area contributed by atoms with Gasteiger partial charge in [-0.15, -0.1) is 0 Å². The average Bonchev–Trinajstić information content (AvgIpc) is 2.86. The number of likely N-dealkylation sites (N-methyl/N-ethyl adjacent to an activating group) is 1. The van der Waals surface area contributed by atoms with E-state index < -0.39 is 5.60 Å². The summed E-state index contributed by atoms with van der Waals surface area (Å²) < 4.78 is 12.2. The van der Waals surface area contributed by atoms with Crippen molar-refractivity contribution in [3.63, 3.8) is 0 Å². The van der Waals surface area contributed by atoms with Crippen molar-refractivity contribution in [3.8, 4) is 5.75 Å². The first-order valence-electron chi connectivity index (χ1n) is 14.3. The Morgan fingerprint density at radius 2 is 1.98 bits per heavy atom. The Kier molecular flexibility index (Phi) is 9.18. The van der Waals surface area contributed by atoms with Crippen LogP contribution in [0.5, 0.6) is 5.75 Å². The Labute approximate surface area is 238 Å². The SMILES string of the molecule is C/C=C\C=N/C(CC)Nc1ncnc2cc(N3CC4CC(C3)N4C(=O)OC(C)(C)C)cc(O[C@H](C)CN(C)C)c12. The van der Waals surface area contributed by atoms with Crippen molar-refractivity contribution in [3.05, 3.63) is 30.6 Å². The Hall–Kier alpha value is -3.40. The first-order chi connectivity index (χ1) is 19.0. The minimum Gasteiger partial charge on any atom is -0.488 e. The van der Waals surface area contributed by atoms with Crippen molar-refractivity contribution in [2.45, 2.75) is 84.3 Å². The van der Waals surface area contributed by atoms with Crippen LogP contribution in [0.2, 0.25) is 0 Å². The highest BCUT2D eigenvalue weighted by molar-refractivity contribution is 5.97. The van der Waals surface area contributed by atoms with E-state index in [1.54, 1.807) is 6.33 Å². The van der Waals surface area contributed by atoms with Crippen LogP contribution in [0.1, 0.15) is 54.4 Å². The van der Waals surface area contributed by atoms with E-state index in [9.17, 15) is 4.79 Å².